The Balaban J connectivity index is 1.28. The first-order chi connectivity index (χ1) is 16.6. The first-order valence-electron chi connectivity index (χ1n) is 10.9. The number of benzene rings is 1. The number of carbonyl (C=O) groups is 2. The molecular formula is C22H23N7O4S. The highest BCUT2D eigenvalue weighted by atomic mass is 32.1. The maximum absolute atomic E-state index is 12.9. The van der Waals surface area contributed by atoms with Crippen LogP contribution in [0.25, 0.3) is 10.6 Å². The van der Waals surface area contributed by atoms with Crippen LogP contribution in [0.3, 0.4) is 0 Å². The van der Waals surface area contributed by atoms with Crippen molar-refractivity contribution in [1.29, 1.82) is 0 Å². The van der Waals surface area contributed by atoms with Crippen molar-refractivity contribution in [2.24, 2.45) is 0 Å². The first kappa shape index (κ1) is 22.3. The van der Waals surface area contributed by atoms with Crippen molar-refractivity contribution < 1.29 is 19.1 Å². The smallest absolute Gasteiger partial charge is 0.257 e. The summed E-state index contributed by atoms with van der Waals surface area (Å²) in [6, 6.07) is 5.00. The van der Waals surface area contributed by atoms with Gasteiger partial charge in [0, 0.05) is 36.6 Å². The lowest BCUT2D eigenvalue weighted by Gasteiger charge is -2.26. The summed E-state index contributed by atoms with van der Waals surface area (Å²) in [4.78, 5) is 35.5. The second-order valence-corrected chi connectivity index (χ2v) is 8.94. The number of hydrogen-bond donors (Lipinski definition) is 2. The summed E-state index contributed by atoms with van der Waals surface area (Å²) in [5.74, 6) is 0.0178. The minimum Gasteiger partial charge on any atom is -0.488 e. The van der Waals surface area contributed by atoms with Crippen molar-refractivity contribution in [2.45, 2.75) is 18.9 Å². The molecule has 0 radical (unpaired) electrons. The largest absolute Gasteiger partial charge is 0.488 e. The summed E-state index contributed by atoms with van der Waals surface area (Å²) < 4.78 is 11.3. The Hall–Kier alpha value is -3.48. The second-order valence-electron chi connectivity index (χ2n) is 7.96. The maximum Gasteiger partial charge on any atom is 0.257 e. The Bertz CT molecular complexity index is 1160. The SMILES string of the molecule is O=C(CN1CCOCC1)Nc1cc(C(=O)Nc2nnc(-c3cncnc3)s2)ccc1OC1CC1. The zero-order valence-corrected chi connectivity index (χ0v) is 19.1. The number of nitrogens with zero attached hydrogens (tertiary/aromatic N) is 5. The van der Waals surface area contributed by atoms with Crippen LogP contribution in [0, 0.1) is 0 Å². The average Bonchev–Trinajstić information content (AvgIpc) is 3.56. The highest BCUT2D eigenvalue weighted by Crippen LogP contribution is 2.33. The lowest BCUT2D eigenvalue weighted by Crippen LogP contribution is -2.41. The molecule has 1 saturated carbocycles. The fourth-order valence-corrected chi connectivity index (χ4v) is 4.07. The van der Waals surface area contributed by atoms with Crippen molar-refractivity contribution in [3.63, 3.8) is 0 Å². The Morgan fingerprint density at radius 3 is 2.68 bits per heavy atom. The Morgan fingerprint density at radius 2 is 1.91 bits per heavy atom. The Labute approximate surface area is 199 Å². The van der Waals surface area contributed by atoms with Gasteiger partial charge in [0.15, 0.2) is 5.01 Å². The number of morpholine rings is 1. The average molecular weight is 482 g/mol. The Morgan fingerprint density at radius 1 is 1.12 bits per heavy atom. The molecule has 0 unspecified atom stereocenters. The fourth-order valence-electron chi connectivity index (χ4n) is 3.36. The molecule has 176 valence electrons. The quantitative estimate of drug-likeness (QED) is 0.496. The standard InChI is InChI=1S/C22H23N7O4S/c30-19(12-29-5-7-32-8-6-29)25-17-9-14(1-4-18(17)33-16-2-3-16)20(31)26-22-28-27-21(34-22)15-10-23-13-24-11-15/h1,4,9-11,13,16H,2-3,5-8,12H2,(H,25,30)(H,26,28,31). The summed E-state index contributed by atoms with van der Waals surface area (Å²) in [6.07, 6.45) is 6.80. The number of anilines is 2. The molecule has 3 aromatic rings. The third-order valence-corrected chi connectivity index (χ3v) is 6.15. The highest BCUT2D eigenvalue weighted by molar-refractivity contribution is 7.18. The van der Waals surface area contributed by atoms with Crippen LogP contribution in [0.15, 0.2) is 36.9 Å². The lowest BCUT2D eigenvalue weighted by atomic mass is 10.1. The monoisotopic (exact) mass is 481 g/mol. The number of amides is 2. The zero-order chi connectivity index (χ0) is 23.3. The van der Waals surface area contributed by atoms with Gasteiger partial charge < -0.3 is 14.8 Å². The molecule has 0 atom stereocenters. The number of ether oxygens (including phenoxy) is 2. The van der Waals surface area contributed by atoms with E-state index in [-0.39, 0.29) is 24.5 Å². The number of hydrogen-bond acceptors (Lipinski definition) is 10. The van der Waals surface area contributed by atoms with Gasteiger partial charge in [0.25, 0.3) is 5.91 Å². The molecule has 2 amide bonds. The van der Waals surface area contributed by atoms with E-state index in [9.17, 15) is 9.59 Å². The first-order valence-corrected chi connectivity index (χ1v) is 11.8. The van der Waals surface area contributed by atoms with E-state index in [1.807, 2.05) is 4.90 Å². The van der Waals surface area contributed by atoms with E-state index >= 15 is 0 Å². The summed E-state index contributed by atoms with van der Waals surface area (Å²) in [5.41, 5.74) is 1.55. The number of aromatic nitrogens is 4. The second kappa shape index (κ2) is 10.2. The molecule has 1 aliphatic heterocycles. The fraction of sp³-hybridized carbons (Fsp3) is 0.364. The van der Waals surface area contributed by atoms with Crippen LogP contribution in [-0.4, -0.2) is 75.8 Å². The van der Waals surface area contributed by atoms with Gasteiger partial charge in [-0.1, -0.05) is 11.3 Å². The summed E-state index contributed by atoms with van der Waals surface area (Å²) in [6.45, 7) is 2.90. The zero-order valence-electron chi connectivity index (χ0n) is 18.3. The van der Waals surface area contributed by atoms with E-state index in [1.54, 1.807) is 30.6 Å². The molecule has 34 heavy (non-hydrogen) atoms. The van der Waals surface area contributed by atoms with Gasteiger partial charge in [-0.15, -0.1) is 10.2 Å². The van der Waals surface area contributed by atoms with E-state index in [1.165, 1.54) is 17.7 Å². The molecule has 5 rings (SSSR count). The van der Waals surface area contributed by atoms with Crippen molar-refractivity contribution >= 4 is 34.0 Å². The van der Waals surface area contributed by atoms with Gasteiger partial charge in [0.05, 0.1) is 31.5 Å². The molecule has 1 saturated heterocycles. The van der Waals surface area contributed by atoms with Gasteiger partial charge in [-0.3, -0.25) is 19.8 Å². The molecule has 3 heterocycles. The van der Waals surface area contributed by atoms with Crippen molar-refractivity contribution in [1.82, 2.24) is 25.1 Å². The molecule has 12 heteroatoms. The molecule has 1 aliphatic carbocycles. The minimum atomic E-state index is -0.367. The van der Waals surface area contributed by atoms with E-state index in [0.29, 0.717) is 59.0 Å². The van der Waals surface area contributed by atoms with Gasteiger partial charge in [0.1, 0.15) is 12.1 Å². The molecular weight excluding hydrogens is 458 g/mol. The highest BCUT2D eigenvalue weighted by Gasteiger charge is 2.26. The molecule has 0 bridgehead atoms. The summed E-state index contributed by atoms with van der Waals surface area (Å²) >= 11 is 1.22. The third-order valence-electron chi connectivity index (χ3n) is 5.26. The van der Waals surface area contributed by atoms with Crippen LogP contribution in [0.2, 0.25) is 0 Å². The van der Waals surface area contributed by atoms with Crippen LogP contribution >= 0.6 is 11.3 Å². The summed E-state index contributed by atoms with van der Waals surface area (Å²) in [5, 5.41) is 14.7. The van der Waals surface area contributed by atoms with Gasteiger partial charge in [-0.25, -0.2) is 9.97 Å². The number of rotatable bonds is 8. The van der Waals surface area contributed by atoms with Crippen LogP contribution < -0.4 is 15.4 Å². The van der Waals surface area contributed by atoms with E-state index in [4.69, 9.17) is 9.47 Å². The molecule has 2 aromatic heterocycles. The number of nitrogens with one attached hydrogen (secondary N) is 2. The number of carbonyl (C=O) groups excluding carboxylic acids is 2. The topological polar surface area (TPSA) is 131 Å². The maximum atomic E-state index is 12.9. The molecule has 0 spiro atoms. The van der Waals surface area contributed by atoms with Crippen LogP contribution in [-0.2, 0) is 9.53 Å². The molecule has 2 fully saturated rings. The van der Waals surface area contributed by atoms with E-state index in [2.05, 4.69) is 30.8 Å². The van der Waals surface area contributed by atoms with Crippen molar-refractivity contribution in [3.05, 3.63) is 42.5 Å². The summed E-state index contributed by atoms with van der Waals surface area (Å²) in [7, 11) is 0. The molecule has 2 N–H and O–H groups in total. The van der Waals surface area contributed by atoms with E-state index < -0.39 is 0 Å². The molecule has 1 aromatic carbocycles. The van der Waals surface area contributed by atoms with Gasteiger partial charge in [-0.2, -0.15) is 0 Å². The normalized spacial score (nSPS) is 16.1. The van der Waals surface area contributed by atoms with Crippen LogP contribution in [0.5, 0.6) is 5.75 Å². The Kier molecular flexibility index (Phi) is 6.70. The van der Waals surface area contributed by atoms with Crippen molar-refractivity contribution in [3.8, 4) is 16.3 Å². The van der Waals surface area contributed by atoms with Crippen molar-refractivity contribution in [2.75, 3.05) is 43.5 Å². The van der Waals surface area contributed by atoms with Gasteiger partial charge >= 0.3 is 0 Å². The van der Waals surface area contributed by atoms with E-state index in [0.717, 1.165) is 12.8 Å². The predicted molar refractivity (Wildman–Crippen MR) is 125 cm³/mol. The van der Waals surface area contributed by atoms with Crippen LogP contribution in [0.4, 0.5) is 10.8 Å². The predicted octanol–water partition coefficient (Wildman–Crippen LogP) is 2.06. The van der Waals surface area contributed by atoms with Crippen LogP contribution in [0.1, 0.15) is 23.2 Å². The van der Waals surface area contributed by atoms with Gasteiger partial charge in [0.2, 0.25) is 11.0 Å². The lowest BCUT2D eigenvalue weighted by molar-refractivity contribution is -0.118. The molecule has 11 nitrogen and oxygen atoms in total. The molecule has 2 aliphatic rings. The third kappa shape index (κ3) is 5.71. The van der Waals surface area contributed by atoms with Gasteiger partial charge in [-0.05, 0) is 31.0 Å². The minimum absolute atomic E-state index is 0.149.